The molecule has 1 aliphatic rings. The minimum atomic E-state index is -0.334. The van der Waals surface area contributed by atoms with Crippen LogP contribution in [0, 0.1) is 12.8 Å². The van der Waals surface area contributed by atoms with Crippen molar-refractivity contribution in [2.45, 2.75) is 51.7 Å². The van der Waals surface area contributed by atoms with Gasteiger partial charge in [-0.2, -0.15) is 0 Å². The van der Waals surface area contributed by atoms with Crippen molar-refractivity contribution in [1.29, 1.82) is 0 Å². The summed E-state index contributed by atoms with van der Waals surface area (Å²) in [4.78, 5) is 27.0. The lowest BCUT2D eigenvalue weighted by Crippen LogP contribution is -2.41. The Morgan fingerprint density at radius 2 is 2.13 bits per heavy atom. The fourth-order valence-electron chi connectivity index (χ4n) is 3.73. The number of hydrogen-bond acceptors (Lipinski definition) is 5. The molecule has 30 heavy (non-hydrogen) atoms. The Labute approximate surface area is 182 Å². The molecule has 1 aromatic carbocycles. The molecular formula is C22H29ClN4O3. The van der Waals surface area contributed by atoms with Crippen molar-refractivity contribution in [2.24, 2.45) is 5.92 Å². The summed E-state index contributed by atoms with van der Waals surface area (Å²) in [5.41, 5.74) is 1.79. The van der Waals surface area contributed by atoms with Crippen molar-refractivity contribution in [3.8, 4) is 0 Å². The summed E-state index contributed by atoms with van der Waals surface area (Å²) in [7, 11) is 1.80. The van der Waals surface area contributed by atoms with Gasteiger partial charge in [0.1, 0.15) is 11.5 Å². The van der Waals surface area contributed by atoms with Gasteiger partial charge in [-0.25, -0.2) is 0 Å². The van der Waals surface area contributed by atoms with Gasteiger partial charge in [-0.3, -0.25) is 9.59 Å². The predicted molar refractivity (Wildman–Crippen MR) is 115 cm³/mol. The van der Waals surface area contributed by atoms with Gasteiger partial charge in [0.2, 0.25) is 11.8 Å². The molecule has 1 aliphatic heterocycles. The maximum Gasteiger partial charge on any atom is 0.223 e. The summed E-state index contributed by atoms with van der Waals surface area (Å²) in [5.74, 6) is 0.251. The largest absolute Gasteiger partial charge is 0.361 e. The van der Waals surface area contributed by atoms with Gasteiger partial charge in [-0.05, 0) is 37.5 Å². The van der Waals surface area contributed by atoms with Gasteiger partial charge >= 0.3 is 0 Å². The number of nitrogens with one attached hydrogen (secondary N) is 2. The van der Waals surface area contributed by atoms with Crippen LogP contribution in [0.1, 0.15) is 42.7 Å². The molecule has 7 nitrogen and oxygen atoms in total. The maximum absolute atomic E-state index is 12.7. The standard InChI is InChI=1S/C22H29ClN4O3/c1-15-9-20(26-30-15)13-25-22(29)17-6-4-8-19(14-27(2)21(28)11-17)24-12-16-5-3-7-18(23)10-16/h3,5,7,9-10,17,19,24H,4,6,8,11-14H2,1-2H3,(H,25,29)/t17-,19-/m1/s1. The van der Waals surface area contributed by atoms with Gasteiger partial charge in [-0.15, -0.1) is 0 Å². The van der Waals surface area contributed by atoms with E-state index in [0.29, 0.717) is 42.5 Å². The molecule has 1 saturated heterocycles. The highest BCUT2D eigenvalue weighted by molar-refractivity contribution is 6.30. The fourth-order valence-corrected chi connectivity index (χ4v) is 3.94. The highest BCUT2D eigenvalue weighted by atomic mass is 35.5. The van der Waals surface area contributed by atoms with Crippen molar-refractivity contribution in [2.75, 3.05) is 13.6 Å². The van der Waals surface area contributed by atoms with Crippen molar-refractivity contribution in [3.63, 3.8) is 0 Å². The number of nitrogens with zero attached hydrogens (tertiary/aromatic N) is 2. The first-order valence-corrected chi connectivity index (χ1v) is 10.7. The first kappa shape index (κ1) is 22.3. The SMILES string of the molecule is Cc1cc(CNC(=O)[C@@H]2CCC[C@@H](NCc3cccc(Cl)c3)CN(C)C(=O)C2)no1. The van der Waals surface area contributed by atoms with E-state index in [4.69, 9.17) is 16.1 Å². The molecule has 8 heteroatoms. The Morgan fingerprint density at radius 3 is 2.87 bits per heavy atom. The molecule has 0 unspecified atom stereocenters. The van der Waals surface area contributed by atoms with Crippen molar-refractivity contribution < 1.29 is 14.1 Å². The van der Waals surface area contributed by atoms with E-state index in [1.54, 1.807) is 18.0 Å². The van der Waals surface area contributed by atoms with E-state index in [1.807, 2.05) is 31.2 Å². The molecule has 2 amide bonds. The van der Waals surface area contributed by atoms with Gasteiger partial charge < -0.3 is 20.1 Å². The Balaban J connectivity index is 1.54. The summed E-state index contributed by atoms with van der Waals surface area (Å²) in [6.07, 6.45) is 2.67. The fraction of sp³-hybridized carbons (Fsp3) is 0.500. The molecule has 0 radical (unpaired) electrons. The number of carbonyl (C=O) groups is 2. The Kier molecular flexibility index (Phi) is 7.87. The zero-order chi connectivity index (χ0) is 21.5. The van der Waals surface area contributed by atoms with E-state index >= 15 is 0 Å². The topological polar surface area (TPSA) is 87.5 Å². The third-order valence-electron chi connectivity index (χ3n) is 5.42. The molecule has 0 saturated carbocycles. The lowest BCUT2D eigenvalue weighted by molar-refractivity contribution is -0.135. The molecule has 2 aromatic rings. The van der Waals surface area contributed by atoms with Crippen LogP contribution in [0.4, 0.5) is 0 Å². The van der Waals surface area contributed by atoms with Crippen molar-refractivity contribution >= 4 is 23.4 Å². The first-order valence-electron chi connectivity index (χ1n) is 10.3. The number of aryl methyl sites for hydroxylation is 1. The quantitative estimate of drug-likeness (QED) is 0.732. The van der Waals surface area contributed by atoms with Crippen LogP contribution >= 0.6 is 11.6 Å². The van der Waals surface area contributed by atoms with E-state index in [0.717, 1.165) is 18.4 Å². The summed E-state index contributed by atoms with van der Waals surface area (Å²) in [5, 5.41) is 11.0. The van der Waals surface area contributed by atoms with Crippen LogP contribution in [-0.4, -0.2) is 41.5 Å². The van der Waals surface area contributed by atoms with Gasteiger partial charge in [0.15, 0.2) is 0 Å². The van der Waals surface area contributed by atoms with E-state index in [1.165, 1.54) is 0 Å². The van der Waals surface area contributed by atoms with Crippen LogP contribution < -0.4 is 10.6 Å². The summed E-state index contributed by atoms with van der Waals surface area (Å²) in [6, 6.07) is 9.71. The molecule has 162 valence electrons. The molecule has 2 atom stereocenters. The molecule has 1 fully saturated rings. The van der Waals surface area contributed by atoms with E-state index in [9.17, 15) is 9.59 Å². The van der Waals surface area contributed by atoms with Crippen LogP contribution in [0.15, 0.2) is 34.9 Å². The van der Waals surface area contributed by atoms with Crippen molar-refractivity contribution in [3.05, 3.63) is 52.4 Å². The molecule has 3 rings (SSSR count). The average molecular weight is 433 g/mol. The molecule has 0 spiro atoms. The Morgan fingerprint density at radius 1 is 1.30 bits per heavy atom. The smallest absolute Gasteiger partial charge is 0.223 e. The summed E-state index contributed by atoms with van der Waals surface area (Å²) >= 11 is 6.06. The number of aromatic nitrogens is 1. The highest BCUT2D eigenvalue weighted by Crippen LogP contribution is 2.19. The second-order valence-electron chi connectivity index (χ2n) is 7.96. The van der Waals surface area contributed by atoms with E-state index in [2.05, 4.69) is 15.8 Å². The molecular weight excluding hydrogens is 404 g/mol. The van der Waals surface area contributed by atoms with E-state index in [-0.39, 0.29) is 30.2 Å². The second-order valence-corrected chi connectivity index (χ2v) is 8.40. The maximum atomic E-state index is 12.7. The van der Waals surface area contributed by atoms with Crippen LogP contribution in [0.25, 0.3) is 0 Å². The van der Waals surface area contributed by atoms with Gasteiger partial charge in [0, 0.05) is 49.6 Å². The number of halogens is 1. The number of benzene rings is 1. The third kappa shape index (κ3) is 6.57. The van der Waals surface area contributed by atoms with E-state index < -0.39 is 0 Å². The first-order chi connectivity index (χ1) is 14.4. The van der Waals surface area contributed by atoms with Crippen LogP contribution in [0.3, 0.4) is 0 Å². The number of amides is 2. The minimum Gasteiger partial charge on any atom is -0.361 e. The summed E-state index contributed by atoms with van der Waals surface area (Å²) < 4.78 is 5.02. The Hall–Kier alpha value is -2.38. The van der Waals surface area contributed by atoms with Crippen molar-refractivity contribution in [1.82, 2.24) is 20.7 Å². The van der Waals surface area contributed by atoms with Crippen LogP contribution in [0.5, 0.6) is 0 Å². The zero-order valence-electron chi connectivity index (χ0n) is 17.5. The average Bonchev–Trinajstić information content (AvgIpc) is 3.15. The lowest BCUT2D eigenvalue weighted by Gasteiger charge is -2.24. The van der Waals surface area contributed by atoms with Crippen LogP contribution in [0.2, 0.25) is 5.02 Å². The molecule has 1 aromatic heterocycles. The highest BCUT2D eigenvalue weighted by Gasteiger charge is 2.27. The molecule has 2 N–H and O–H groups in total. The minimum absolute atomic E-state index is 0.0103. The third-order valence-corrected chi connectivity index (χ3v) is 5.66. The molecule has 0 bridgehead atoms. The number of rotatable bonds is 6. The number of likely N-dealkylation sites (N-methyl/N-ethyl adjacent to an activating group) is 1. The normalized spacial score (nSPS) is 20.4. The van der Waals surface area contributed by atoms with Gasteiger partial charge in [0.25, 0.3) is 0 Å². The van der Waals surface area contributed by atoms with Crippen LogP contribution in [-0.2, 0) is 22.7 Å². The second kappa shape index (κ2) is 10.6. The zero-order valence-corrected chi connectivity index (χ0v) is 18.2. The molecule has 0 aliphatic carbocycles. The Bertz CT molecular complexity index is 870. The molecule has 2 heterocycles. The van der Waals surface area contributed by atoms with Gasteiger partial charge in [-0.1, -0.05) is 35.3 Å². The predicted octanol–water partition coefficient (Wildman–Crippen LogP) is 3.06. The summed E-state index contributed by atoms with van der Waals surface area (Å²) in [6.45, 7) is 3.42. The number of carbonyl (C=O) groups excluding carboxylic acids is 2. The number of hydrogen-bond donors (Lipinski definition) is 2. The lowest BCUT2D eigenvalue weighted by atomic mass is 9.96. The van der Waals surface area contributed by atoms with Gasteiger partial charge in [0.05, 0.1) is 6.54 Å². The monoisotopic (exact) mass is 432 g/mol.